The lowest BCUT2D eigenvalue weighted by Gasteiger charge is -2.27. The van der Waals surface area contributed by atoms with Crippen LogP contribution in [0.4, 0.5) is 10.5 Å². The number of halogens is 2. The minimum Gasteiger partial charge on any atom is -0.495 e. The molecule has 0 spiro atoms. The number of carboxylic acids is 1. The molecule has 0 aliphatic carbocycles. The number of carbonyl (C=O) groups is 3. The van der Waals surface area contributed by atoms with Crippen LogP contribution >= 0.6 is 23.2 Å². The van der Waals surface area contributed by atoms with Gasteiger partial charge in [0.25, 0.3) is 5.91 Å². The van der Waals surface area contributed by atoms with E-state index in [1.165, 1.54) is 12.1 Å². The van der Waals surface area contributed by atoms with Crippen LogP contribution in [-0.4, -0.2) is 54.2 Å². The van der Waals surface area contributed by atoms with E-state index >= 15 is 0 Å². The van der Waals surface area contributed by atoms with Crippen molar-refractivity contribution in [2.75, 3.05) is 25.5 Å². The molecule has 10 heteroatoms. The zero-order valence-electron chi connectivity index (χ0n) is 21.1. The van der Waals surface area contributed by atoms with Crippen molar-refractivity contribution in [2.45, 2.75) is 18.9 Å². The van der Waals surface area contributed by atoms with E-state index in [-0.39, 0.29) is 28.1 Å². The van der Waals surface area contributed by atoms with Crippen LogP contribution in [-0.2, 0) is 11.2 Å². The van der Waals surface area contributed by atoms with Crippen molar-refractivity contribution < 1.29 is 24.2 Å². The maximum absolute atomic E-state index is 12.7. The second-order valence-corrected chi connectivity index (χ2v) is 9.73. The van der Waals surface area contributed by atoms with Crippen LogP contribution in [0, 0.1) is 0 Å². The van der Waals surface area contributed by atoms with Crippen molar-refractivity contribution in [3.63, 3.8) is 0 Å². The fourth-order valence-electron chi connectivity index (χ4n) is 4.29. The predicted octanol–water partition coefficient (Wildman–Crippen LogP) is 5.75. The summed E-state index contributed by atoms with van der Waals surface area (Å²) in [5, 5.41) is 15.4. The highest BCUT2D eigenvalue weighted by Gasteiger charge is 2.24. The van der Waals surface area contributed by atoms with E-state index in [9.17, 15) is 19.5 Å². The predicted molar refractivity (Wildman–Crippen MR) is 152 cm³/mol. The van der Waals surface area contributed by atoms with Crippen molar-refractivity contribution in [3.05, 3.63) is 99.5 Å². The number of ether oxygens (including phenoxy) is 1. The summed E-state index contributed by atoms with van der Waals surface area (Å²) in [6.07, 6.45) is 2.76. The molecule has 1 atom stereocenters. The molecule has 1 heterocycles. The molecule has 1 aliphatic rings. The molecule has 4 rings (SSSR count). The number of benzene rings is 3. The number of urea groups is 1. The van der Waals surface area contributed by atoms with Crippen molar-refractivity contribution in [1.82, 2.24) is 10.2 Å². The van der Waals surface area contributed by atoms with E-state index in [1.54, 1.807) is 30.2 Å². The second kappa shape index (κ2) is 12.7. The van der Waals surface area contributed by atoms with Gasteiger partial charge in [-0.3, -0.25) is 4.79 Å². The lowest BCUT2D eigenvalue weighted by molar-refractivity contribution is -0.139. The fourth-order valence-corrected chi connectivity index (χ4v) is 4.86. The minimum absolute atomic E-state index is 0.0392. The van der Waals surface area contributed by atoms with Gasteiger partial charge in [-0.2, -0.15) is 0 Å². The van der Waals surface area contributed by atoms with Crippen molar-refractivity contribution >= 4 is 52.4 Å². The van der Waals surface area contributed by atoms with E-state index in [0.717, 1.165) is 16.7 Å². The molecule has 0 fully saturated rings. The van der Waals surface area contributed by atoms with Gasteiger partial charge in [0.1, 0.15) is 11.8 Å². The molecular formula is C29H27Cl2N3O5. The lowest BCUT2D eigenvalue weighted by atomic mass is 9.97. The number of methoxy groups -OCH3 is 1. The van der Waals surface area contributed by atoms with E-state index in [4.69, 9.17) is 27.9 Å². The summed E-state index contributed by atoms with van der Waals surface area (Å²) in [6, 6.07) is 18.0. The Morgan fingerprint density at radius 2 is 1.69 bits per heavy atom. The Morgan fingerprint density at radius 3 is 2.31 bits per heavy atom. The lowest BCUT2D eigenvalue weighted by Crippen LogP contribution is -2.42. The number of nitrogens with zero attached hydrogens (tertiary/aromatic N) is 1. The second-order valence-electron chi connectivity index (χ2n) is 8.92. The Kier molecular flexibility index (Phi) is 9.11. The average molecular weight is 568 g/mol. The SMILES string of the molecule is COc1ccccc1NC(=O)N1CC=C(c2ccc(C[C@H](NC(=O)c3c(Cl)cccc3Cl)C(=O)O)cc2)CC1. The van der Waals surface area contributed by atoms with Crippen molar-refractivity contribution in [3.8, 4) is 5.75 Å². The molecule has 39 heavy (non-hydrogen) atoms. The summed E-state index contributed by atoms with van der Waals surface area (Å²) in [4.78, 5) is 39.0. The molecule has 0 aromatic heterocycles. The first-order valence-electron chi connectivity index (χ1n) is 12.2. The molecule has 3 N–H and O–H groups in total. The van der Waals surface area contributed by atoms with Gasteiger partial charge in [-0.25, -0.2) is 9.59 Å². The minimum atomic E-state index is -1.17. The number of rotatable bonds is 8. The Labute approximate surface area is 236 Å². The largest absolute Gasteiger partial charge is 0.495 e. The normalized spacial score (nSPS) is 13.7. The summed E-state index contributed by atoms with van der Waals surface area (Å²) in [5.74, 6) is -1.23. The quantitative estimate of drug-likeness (QED) is 0.321. The summed E-state index contributed by atoms with van der Waals surface area (Å²) >= 11 is 12.2. The first-order chi connectivity index (χ1) is 18.8. The first-order valence-corrected chi connectivity index (χ1v) is 13.0. The molecule has 202 valence electrons. The van der Waals surface area contributed by atoms with E-state index in [1.807, 2.05) is 42.5 Å². The van der Waals surface area contributed by atoms with Gasteiger partial charge in [0.2, 0.25) is 0 Å². The van der Waals surface area contributed by atoms with Gasteiger partial charge in [-0.05, 0) is 47.4 Å². The van der Waals surface area contributed by atoms with Crippen molar-refractivity contribution in [1.29, 1.82) is 0 Å². The van der Waals surface area contributed by atoms with Gasteiger partial charge in [0, 0.05) is 19.5 Å². The molecule has 3 aromatic carbocycles. The average Bonchev–Trinajstić information content (AvgIpc) is 2.93. The number of nitrogens with one attached hydrogen (secondary N) is 2. The maximum atomic E-state index is 12.7. The number of carbonyl (C=O) groups excluding carboxylic acids is 2. The van der Waals surface area contributed by atoms with Crippen LogP contribution < -0.4 is 15.4 Å². The van der Waals surface area contributed by atoms with Gasteiger partial charge >= 0.3 is 12.0 Å². The van der Waals surface area contributed by atoms with Crippen LogP contribution in [0.25, 0.3) is 5.57 Å². The van der Waals surface area contributed by atoms with Crippen LogP contribution in [0.2, 0.25) is 10.0 Å². The maximum Gasteiger partial charge on any atom is 0.326 e. The molecule has 0 radical (unpaired) electrons. The third kappa shape index (κ3) is 6.90. The van der Waals surface area contributed by atoms with Crippen LogP contribution in [0.5, 0.6) is 5.75 Å². The molecule has 1 aliphatic heterocycles. The number of para-hydroxylation sites is 2. The fraction of sp³-hybridized carbons (Fsp3) is 0.207. The zero-order valence-corrected chi connectivity index (χ0v) is 22.6. The molecule has 0 unspecified atom stereocenters. The number of aliphatic carboxylic acids is 1. The van der Waals surface area contributed by atoms with E-state index in [0.29, 0.717) is 30.9 Å². The van der Waals surface area contributed by atoms with Crippen LogP contribution in [0.3, 0.4) is 0 Å². The highest BCUT2D eigenvalue weighted by Crippen LogP contribution is 2.27. The standard InChI is InChI=1S/C29H27Cl2N3O5/c1-39-25-8-3-2-7-23(25)33-29(38)34-15-13-20(14-16-34)19-11-9-18(10-12-19)17-24(28(36)37)32-27(35)26-21(30)5-4-6-22(26)31/h2-13,24H,14-17H2,1H3,(H,32,35)(H,33,38)(H,36,37)/t24-/m0/s1. The number of hydrogen-bond acceptors (Lipinski definition) is 4. The molecular weight excluding hydrogens is 541 g/mol. The topological polar surface area (TPSA) is 108 Å². The highest BCUT2D eigenvalue weighted by atomic mass is 35.5. The molecule has 3 amide bonds. The number of carboxylic acid groups (broad SMARTS) is 1. The monoisotopic (exact) mass is 567 g/mol. The molecule has 0 bridgehead atoms. The summed E-state index contributed by atoms with van der Waals surface area (Å²) in [7, 11) is 1.56. The van der Waals surface area contributed by atoms with Crippen molar-refractivity contribution in [2.24, 2.45) is 0 Å². The number of anilines is 1. The zero-order chi connectivity index (χ0) is 27.9. The third-order valence-corrected chi connectivity index (χ3v) is 7.03. The Balaban J connectivity index is 1.37. The van der Waals surface area contributed by atoms with E-state index in [2.05, 4.69) is 10.6 Å². The highest BCUT2D eigenvalue weighted by molar-refractivity contribution is 6.39. The Morgan fingerprint density at radius 1 is 1.00 bits per heavy atom. The smallest absolute Gasteiger partial charge is 0.326 e. The Hall–Kier alpha value is -4.01. The van der Waals surface area contributed by atoms with Crippen LogP contribution in [0.15, 0.2) is 72.8 Å². The van der Waals surface area contributed by atoms with Gasteiger partial charge in [-0.1, -0.05) is 71.7 Å². The van der Waals surface area contributed by atoms with Crippen LogP contribution in [0.1, 0.15) is 27.9 Å². The van der Waals surface area contributed by atoms with Gasteiger partial charge < -0.3 is 25.4 Å². The van der Waals surface area contributed by atoms with Gasteiger partial charge in [-0.15, -0.1) is 0 Å². The third-order valence-electron chi connectivity index (χ3n) is 6.40. The summed E-state index contributed by atoms with van der Waals surface area (Å²) < 4.78 is 5.29. The Bertz CT molecular complexity index is 1390. The summed E-state index contributed by atoms with van der Waals surface area (Å²) in [5.41, 5.74) is 3.48. The van der Waals surface area contributed by atoms with Gasteiger partial charge in [0.05, 0.1) is 28.4 Å². The van der Waals surface area contributed by atoms with Gasteiger partial charge in [0.15, 0.2) is 0 Å². The number of hydrogen-bond donors (Lipinski definition) is 3. The molecule has 0 saturated carbocycles. The summed E-state index contributed by atoms with van der Waals surface area (Å²) in [6.45, 7) is 1.00. The number of amides is 3. The molecule has 0 saturated heterocycles. The first kappa shape index (κ1) is 28.0. The molecule has 3 aromatic rings. The molecule has 8 nitrogen and oxygen atoms in total. The van der Waals surface area contributed by atoms with E-state index < -0.39 is 17.9 Å².